The van der Waals surface area contributed by atoms with Crippen LogP contribution in [0.15, 0.2) is 48.5 Å². The van der Waals surface area contributed by atoms with E-state index in [1.165, 1.54) is 0 Å². The smallest absolute Gasteiger partial charge is 0.257 e. The third-order valence-electron chi connectivity index (χ3n) is 7.36. The molecule has 4 rings (SSSR count). The van der Waals surface area contributed by atoms with Crippen molar-refractivity contribution in [2.75, 3.05) is 40.9 Å². The van der Waals surface area contributed by atoms with Crippen LogP contribution in [0.5, 0.6) is 5.75 Å². The van der Waals surface area contributed by atoms with E-state index in [1.54, 1.807) is 42.2 Å². The van der Waals surface area contributed by atoms with Crippen molar-refractivity contribution in [1.29, 1.82) is 5.26 Å². The van der Waals surface area contributed by atoms with Gasteiger partial charge in [-0.2, -0.15) is 5.26 Å². The molecule has 0 aromatic heterocycles. The fraction of sp³-hybridized carbons (Fsp3) is 0.483. The predicted molar refractivity (Wildman–Crippen MR) is 138 cm³/mol. The molecule has 2 aromatic carbocycles. The van der Waals surface area contributed by atoms with Crippen molar-refractivity contribution in [2.24, 2.45) is 0 Å². The second kappa shape index (κ2) is 12.2. The number of hydrogen-bond acceptors (Lipinski definition) is 6. The van der Waals surface area contributed by atoms with Gasteiger partial charge in [0, 0.05) is 46.6 Å². The van der Waals surface area contributed by atoms with Crippen molar-refractivity contribution < 1.29 is 23.8 Å². The molecule has 8 heteroatoms. The first kappa shape index (κ1) is 26.6. The molecule has 0 unspecified atom stereocenters. The summed E-state index contributed by atoms with van der Waals surface area (Å²) in [6.07, 6.45) is 2.07. The Labute approximate surface area is 218 Å². The van der Waals surface area contributed by atoms with Crippen molar-refractivity contribution in [3.05, 3.63) is 65.2 Å². The van der Waals surface area contributed by atoms with E-state index in [-0.39, 0.29) is 60.4 Å². The number of fused-ring (bicyclic) bond motifs is 3. The zero-order valence-electron chi connectivity index (χ0n) is 21.8. The summed E-state index contributed by atoms with van der Waals surface area (Å²) in [4.78, 5) is 30.2. The zero-order chi connectivity index (χ0) is 26.4. The van der Waals surface area contributed by atoms with Crippen molar-refractivity contribution in [3.63, 3.8) is 0 Å². The summed E-state index contributed by atoms with van der Waals surface area (Å²) < 4.78 is 18.1. The molecule has 0 aliphatic carbocycles. The SMILES string of the molecule is CO[C@@H]1CC[C@H]2CCN(C)C(=O)C[C@@H](c3ccccc3)CN(C)C(=O)c3cccc(C#N)c3OC[C@H]1O2. The molecule has 8 nitrogen and oxygen atoms in total. The van der Waals surface area contributed by atoms with Gasteiger partial charge in [-0.15, -0.1) is 0 Å². The van der Waals surface area contributed by atoms with Gasteiger partial charge in [0.1, 0.15) is 24.5 Å². The van der Waals surface area contributed by atoms with Gasteiger partial charge in [0.05, 0.1) is 23.3 Å². The number of methoxy groups -OCH3 is 1. The van der Waals surface area contributed by atoms with E-state index < -0.39 is 0 Å². The van der Waals surface area contributed by atoms with Crippen LogP contribution in [0.3, 0.4) is 0 Å². The summed E-state index contributed by atoms with van der Waals surface area (Å²) in [5.74, 6) is -0.174. The van der Waals surface area contributed by atoms with Gasteiger partial charge in [0.25, 0.3) is 5.91 Å². The van der Waals surface area contributed by atoms with Crippen LogP contribution in [-0.4, -0.2) is 80.8 Å². The second-order valence-electron chi connectivity index (χ2n) is 9.85. The Hall–Kier alpha value is -3.41. The van der Waals surface area contributed by atoms with Crippen molar-refractivity contribution >= 4 is 11.8 Å². The van der Waals surface area contributed by atoms with Gasteiger partial charge >= 0.3 is 0 Å². The summed E-state index contributed by atoms with van der Waals surface area (Å²) in [5.41, 5.74) is 1.60. The summed E-state index contributed by atoms with van der Waals surface area (Å²) >= 11 is 0. The largest absolute Gasteiger partial charge is 0.489 e. The number of likely N-dealkylation sites (N-methyl/N-ethyl adjacent to an activating group) is 1. The maximum Gasteiger partial charge on any atom is 0.257 e. The Morgan fingerprint density at radius 3 is 2.51 bits per heavy atom. The number of rotatable bonds is 2. The van der Waals surface area contributed by atoms with Gasteiger partial charge in [0.15, 0.2) is 0 Å². The van der Waals surface area contributed by atoms with Gasteiger partial charge < -0.3 is 24.0 Å². The van der Waals surface area contributed by atoms with Crippen LogP contribution in [0.25, 0.3) is 0 Å². The Balaban J connectivity index is 1.70. The molecular weight excluding hydrogens is 470 g/mol. The van der Waals surface area contributed by atoms with Crippen molar-refractivity contribution in [3.8, 4) is 11.8 Å². The lowest BCUT2D eigenvalue weighted by atomic mass is 9.94. The average Bonchev–Trinajstić information content (AvgIpc) is 2.93. The fourth-order valence-corrected chi connectivity index (χ4v) is 5.14. The standard InChI is InChI=1S/C29H35N3O5/c1-31-15-14-23-12-13-25(35-3)26(37-23)19-36-28-21(17-30)10-7-11-24(28)29(34)32(2)18-22(16-27(31)33)20-8-5-4-6-9-20/h4-11,22-23,25-26H,12-16,18-19H2,1-3H3/t22-,23+,25-,26-/m1/s1. The lowest BCUT2D eigenvalue weighted by Crippen LogP contribution is -2.45. The molecule has 2 aliphatic heterocycles. The highest BCUT2D eigenvalue weighted by Crippen LogP contribution is 2.30. The van der Waals surface area contributed by atoms with E-state index in [0.717, 1.165) is 18.4 Å². The Bertz CT molecular complexity index is 1130. The number of nitrogens with zero attached hydrogens (tertiary/aromatic N) is 3. The maximum atomic E-state index is 13.6. The van der Waals surface area contributed by atoms with Crippen molar-refractivity contribution in [1.82, 2.24) is 9.80 Å². The first-order chi connectivity index (χ1) is 17.9. The molecule has 2 aromatic rings. The number of para-hydroxylation sites is 1. The fourth-order valence-electron chi connectivity index (χ4n) is 5.14. The molecule has 1 saturated heterocycles. The highest BCUT2D eigenvalue weighted by molar-refractivity contribution is 5.97. The Kier molecular flexibility index (Phi) is 8.80. The summed E-state index contributed by atoms with van der Waals surface area (Å²) in [6.45, 7) is 1.07. The molecule has 2 amide bonds. The van der Waals surface area contributed by atoms with Gasteiger partial charge in [-0.05, 0) is 37.0 Å². The number of benzene rings is 2. The third-order valence-corrected chi connectivity index (χ3v) is 7.36. The number of nitriles is 1. The lowest BCUT2D eigenvalue weighted by Gasteiger charge is -2.36. The summed E-state index contributed by atoms with van der Waals surface area (Å²) in [7, 11) is 5.19. The van der Waals surface area contributed by atoms with Gasteiger partial charge in [-0.25, -0.2) is 0 Å². The summed E-state index contributed by atoms with van der Waals surface area (Å²) in [6, 6.07) is 16.9. The third kappa shape index (κ3) is 6.30. The van der Waals surface area contributed by atoms with E-state index in [2.05, 4.69) is 6.07 Å². The predicted octanol–water partition coefficient (Wildman–Crippen LogP) is 3.61. The van der Waals surface area contributed by atoms with Gasteiger partial charge in [-0.1, -0.05) is 36.4 Å². The maximum absolute atomic E-state index is 13.6. The normalized spacial score (nSPS) is 25.7. The molecule has 37 heavy (non-hydrogen) atoms. The van der Waals surface area contributed by atoms with E-state index in [1.807, 2.05) is 37.4 Å². The number of amides is 2. The Morgan fingerprint density at radius 2 is 1.78 bits per heavy atom. The van der Waals surface area contributed by atoms with Crippen LogP contribution in [-0.2, 0) is 14.3 Å². The minimum Gasteiger partial charge on any atom is -0.489 e. The average molecular weight is 506 g/mol. The topological polar surface area (TPSA) is 92.1 Å². The molecule has 2 aliphatic rings. The molecule has 1 fully saturated rings. The Morgan fingerprint density at radius 1 is 1.00 bits per heavy atom. The van der Waals surface area contributed by atoms with Crippen molar-refractivity contribution in [2.45, 2.75) is 49.9 Å². The van der Waals surface area contributed by atoms with E-state index in [4.69, 9.17) is 14.2 Å². The van der Waals surface area contributed by atoms with Crippen LogP contribution in [0.4, 0.5) is 0 Å². The molecule has 0 radical (unpaired) electrons. The molecular formula is C29H35N3O5. The monoisotopic (exact) mass is 505 g/mol. The lowest BCUT2D eigenvalue weighted by molar-refractivity contribution is -0.145. The van der Waals surface area contributed by atoms with E-state index in [9.17, 15) is 14.9 Å². The van der Waals surface area contributed by atoms with Crippen LogP contribution >= 0.6 is 0 Å². The highest BCUT2D eigenvalue weighted by Gasteiger charge is 2.33. The first-order valence-corrected chi connectivity index (χ1v) is 12.8. The van der Waals surface area contributed by atoms with Crippen LogP contribution in [0.1, 0.15) is 53.1 Å². The van der Waals surface area contributed by atoms with Crippen LogP contribution < -0.4 is 4.74 Å². The van der Waals surface area contributed by atoms with Crippen LogP contribution in [0, 0.1) is 11.3 Å². The van der Waals surface area contributed by atoms with Gasteiger partial charge in [0.2, 0.25) is 5.91 Å². The zero-order valence-corrected chi connectivity index (χ0v) is 21.8. The highest BCUT2D eigenvalue weighted by atomic mass is 16.6. The molecule has 4 atom stereocenters. The minimum absolute atomic E-state index is 0.0272. The van der Waals surface area contributed by atoms with Gasteiger partial charge in [-0.3, -0.25) is 9.59 Å². The number of carbonyl (C=O) groups excluding carboxylic acids is 2. The number of carbonyl (C=O) groups is 2. The molecule has 2 heterocycles. The summed E-state index contributed by atoms with van der Waals surface area (Å²) in [5, 5.41) is 9.75. The molecule has 2 bridgehead atoms. The van der Waals surface area contributed by atoms with E-state index in [0.29, 0.717) is 25.1 Å². The minimum atomic E-state index is -0.354. The molecule has 0 saturated carbocycles. The van der Waals surface area contributed by atoms with E-state index >= 15 is 0 Å². The molecule has 0 N–H and O–H groups in total. The first-order valence-electron chi connectivity index (χ1n) is 12.8. The second-order valence-corrected chi connectivity index (χ2v) is 9.85. The molecule has 196 valence electrons. The number of ether oxygens (including phenoxy) is 3. The van der Waals surface area contributed by atoms with Crippen LogP contribution in [0.2, 0.25) is 0 Å². The molecule has 0 spiro atoms. The quantitative estimate of drug-likeness (QED) is 0.619. The number of hydrogen-bond donors (Lipinski definition) is 0.